The van der Waals surface area contributed by atoms with E-state index >= 15 is 0 Å². The number of ether oxygens (including phenoxy) is 1. The van der Waals surface area contributed by atoms with Crippen molar-refractivity contribution >= 4 is 22.7 Å². The van der Waals surface area contributed by atoms with E-state index in [2.05, 4.69) is 5.32 Å². The Morgan fingerprint density at radius 3 is 2.54 bits per heavy atom. The first-order valence-corrected chi connectivity index (χ1v) is 9.49. The third kappa shape index (κ3) is 5.49. The summed E-state index contributed by atoms with van der Waals surface area (Å²) in [4.78, 5) is 24.3. The van der Waals surface area contributed by atoms with Crippen LogP contribution in [0.25, 0.3) is 0 Å². The molecular weight excluding hydrogens is 357 g/mol. The summed E-state index contributed by atoms with van der Waals surface area (Å²) in [6.07, 6.45) is 0.338. The minimum atomic E-state index is -1.30. The molecule has 2 rings (SSSR count). The molecule has 0 saturated heterocycles. The third-order valence-corrected chi connectivity index (χ3v) is 4.99. The minimum Gasteiger partial charge on any atom is -0.452 e. The van der Waals surface area contributed by atoms with Crippen LogP contribution in [-0.2, 0) is 26.8 Å². The molecule has 0 radical (unpaired) electrons. The van der Waals surface area contributed by atoms with Crippen molar-refractivity contribution in [2.75, 3.05) is 18.9 Å². The first-order valence-electron chi connectivity index (χ1n) is 8.17. The van der Waals surface area contributed by atoms with Gasteiger partial charge in [-0.15, -0.1) is 0 Å². The Bertz CT molecular complexity index is 810. The largest absolute Gasteiger partial charge is 0.452 e. The molecule has 0 spiro atoms. The fraction of sp³-hybridized carbons (Fsp3) is 0.263. The summed E-state index contributed by atoms with van der Waals surface area (Å²) >= 11 is 0. The van der Waals surface area contributed by atoms with E-state index in [4.69, 9.17) is 4.74 Å². The molecule has 0 fully saturated rings. The normalized spacial score (nSPS) is 11.6. The maximum absolute atomic E-state index is 13.5. The van der Waals surface area contributed by atoms with Crippen molar-refractivity contribution in [3.8, 4) is 0 Å². The zero-order valence-electron chi connectivity index (χ0n) is 14.4. The van der Waals surface area contributed by atoms with Gasteiger partial charge in [0.25, 0.3) is 5.91 Å². The first kappa shape index (κ1) is 19.8. The molecule has 1 N–H and O–H groups in total. The predicted molar refractivity (Wildman–Crippen MR) is 96.8 cm³/mol. The van der Waals surface area contributed by atoms with Gasteiger partial charge in [0.1, 0.15) is 5.82 Å². The van der Waals surface area contributed by atoms with Crippen LogP contribution in [0.15, 0.2) is 53.4 Å². The molecule has 2 aromatic carbocycles. The number of nitrogens with one attached hydrogen (secondary N) is 1. The molecule has 0 saturated carbocycles. The Labute approximate surface area is 154 Å². The number of amides is 1. The molecule has 0 unspecified atom stereocenters. The molecule has 1 amide bonds. The van der Waals surface area contributed by atoms with E-state index in [0.717, 1.165) is 0 Å². The van der Waals surface area contributed by atoms with Crippen molar-refractivity contribution in [1.29, 1.82) is 0 Å². The summed E-state index contributed by atoms with van der Waals surface area (Å²) in [5, 5.41) is 2.57. The second kappa shape index (κ2) is 9.82. The van der Waals surface area contributed by atoms with Crippen LogP contribution in [0.1, 0.15) is 22.8 Å². The number of rotatable bonds is 8. The van der Waals surface area contributed by atoms with Gasteiger partial charge in [-0.2, -0.15) is 0 Å². The van der Waals surface area contributed by atoms with Gasteiger partial charge >= 0.3 is 5.97 Å². The van der Waals surface area contributed by atoms with Gasteiger partial charge < -0.3 is 10.1 Å². The lowest BCUT2D eigenvalue weighted by molar-refractivity contribution is -0.124. The summed E-state index contributed by atoms with van der Waals surface area (Å²) in [6.45, 7) is 1.53. The number of hydrogen-bond acceptors (Lipinski definition) is 4. The number of carbonyl (C=O) groups excluding carboxylic acids is 2. The highest BCUT2D eigenvalue weighted by molar-refractivity contribution is 7.85. The van der Waals surface area contributed by atoms with Crippen LogP contribution < -0.4 is 5.32 Å². The number of esters is 1. The van der Waals surface area contributed by atoms with Gasteiger partial charge in [-0.1, -0.05) is 37.3 Å². The quantitative estimate of drug-likeness (QED) is 0.718. The van der Waals surface area contributed by atoms with Crippen LogP contribution in [0.5, 0.6) is 0 Å². The predicted octanol–water partition coefficient (Wildman–Crippen LogP) is 2.47. The molecule has 0 aliphatic heterocycles. The lowest BCUT2D eigenvalue weighted by atomic mass is 10.1. The number of benzene rings is 2. The first-order chi connectivity index (χ1) is 12.5. The third-order valence-electron chi connectivity index (χ3n) is 3.62. The van der Waals surface area contributed by atoms with E-state index in [1.165, 1.54) is 12.1 Å². The Morgan fingerprint density at radius 1 is 1.12 bits per heavy atom. The highest BCUT2D eigenvalue weighted by atomic mass is 32.2. The van der Waals surface area contributed by atoms with Crippen LogP contribution in [0, 0.1) is 5.82 Å². The standard InChI is InChI=1S/C19H20FNO4S/c1-2-26(24)17-10-6-4-8-15(17)19(23)25-13-18(22)21-12-11-14-7-3-5-9-16(14)20/h3-10H,2,11-13H2,1H3,(H,21,22)/t26-/m1/s1. The molecule has 1 atom stereocenters. The van der Waals surface area contributed by atoms with Gasteiger partial charge in [0.05, 0.1) is 21.3 Å². The fourth-order valence-electron chi connectivity index (χ4n) is 2.29. The zero-order valence-corrected chi connectivity index (χ0v) is 15.2. The minimum absolute atomic E-state index is 0.187. The summed E-state index contributed by atoms with van der Waals surface area (Å²) < 4.78 is 30.4. The van der Waals surface area contributed by atoms with Crippen LogP contribution in [0.4, 0.5) is 4.39 Å². The highest BCUT2D eigenvalue weighted by Gasteiger charge is 2.17. The summed E-state index contributed by atoms with van der Waals surface area (Å²) in [6, 6.07) is 12.8. The molecule has 0 aliphatic carbocycles. The van der Waals surface area contributed by atoms with Crippen molar-refractivity contribution in [3.63, 3.8) is 0 Å². The Kier molecular flexibility index (Phi) is 7.47. The van der Waals surface area contributed by atoms with Gasteiger partial charge in [-0.3, -0.25) is 9.00 Å². The van der Waals surface area contributed by atoms with Crippen molar-refractivity contribution in [1.82, 2.24) is 5.32 Å². The maximum Gasteiger partial charge on any atom is 0.339 e. The van der Waals surface area contributed by atoms with Crippen molar-refractivity contribution in [2.24, 2.45) is 0 Å². The monoisotopic (exact) mass is 377 g/mol. The summed E-state index contributed by atoms with van der Waals surface area (Å²) in [5.74, 6) is -1.13. The Balaban J connectivity index is 1.83. The molecule has 138 valence electrons. The van der Waals surface area contributed by atoms with Gasteiger partial charge in [-0.25, -0.2) is 9.18 Å². The van der Waals surface area contributed by atoms with Crippen molar-refractivity contribution in [2.45, 2.75) is 18.2 Å². The lowest BCUT2D eigenvalue weighted by Gasteiger charge is -2.09. The topological polar surface area (TPSA) is 72.5 Å². The summed E-state index contributed by atoms with van der Waals surface area (Å²) in [7, 11) is -1.30. The van der Waals surface area contributed by atoms with Gasteiger partial charge in [0.2, 0.25) is 0 Å². The number of halogens is 1. The SMILES string of the molecule is CC[S@@](=O)c1ccccc1C(=O)OCC(=O)NCCc1ccccc1F. The van der Waals surface area contributed by atoms with Gasteiger partial charge in [-0.05, 0) is 30.2 Å². The fourth-order valence-corrected chi connectivity index (χ4v) is 3.22. The van der Waals surface area contributed by atoms with E-state index in [1.807, 2.05) is 0 Å². The average molecular weight is 377 g/mol. The van der Waals surface area contributed by atoms with Crippen LogP contribution in [0.2, 0.25) is 0 Å². The molecule has 7 heteroatoms. The van der Waals surface area contributed by atoms with Gasteiger partial charge in [0, 0.05) is 12.3 Å². The molecule has 26 heavy (non-hydrogen) atoms. The molecule has 0 aromatic heterocycles. The van der Waals surface area contributed by atoms with Crippen LogP contribution in [0.3, 0.4) is 0 Å². The second-order valence-electron chi connectivity index (χ2n) is 5.40. The van der Waals surface area contributed by atoms with Crippen LogP contribution >= 0.6 is 0 Å². The summed E-state index contributed by atoms with van der Waals surface area (Å²) in [5.41, 5.74) is 0.688. The Hall–Kier alpha value is -2.54. The number of hydrogen-bond donors (Lipinski definition) is 1. The molecule has 5 nitrogen and oxygen atoms in total. The molecule has 0 heterocycles. The smallest absolute Gasteiger partial charge is 0.339 e. The van der Waals surface area contributed by atoms with E-state index < -0.39 is 29.3 Å². The van der Waals surface area contributed by atoms with E-state index in [1.54, 1.807) is 43.3 Å². The number of carbonyl (C=O) groups is 2. The van der Waals surface area contributed by atoms with E-state index in [0.29, 0.717) is 22.6 Å². The lowest BCUT2D eigenvalue weighted by Crippen LogP contribution is -2.30. The average Bonchev–Trinajstić information content (AvgIpc) is 2.67. The Morgan fingerprint density at radius 2 is 1.81 bits per heavy atom. The van der Waals surface area contributed by atoms with Crippen molar-refractivity contribution < 1.29 is 22.9 Å². The zero-order chi connectivity index (χ0) is 18.9. The van der Waals surface area contributed by atoms with Crippen LogP contribution in [-0.4, -0.2) is 35.0 Å². The van der Waals surface area contributed by atoms with Gasteiger partial charge in [0.15, 0.2) is 6.61 Å². The molecule has 2 aromatic rings. The van der Waals surface area contributed by atoms with Crippen molar-refractivity contribution in [3.05, 3.63) is 65.5 Å². The maximum atomic E-state index is 13.5. The highest BCUT2D eigenvalue weighted by Crippen LogP contribution is 2.15. The second-order valence-corrected chi connectivity index (χ2v) is 7.11. The van der Waals surface area contributed by atoms with E-state index in [-0.39, 0.29) is 17.9 Å². The van der Waals surface area contributed by atoms with E-state index in [9.17, 15) is 18.2 Å². The molecule has 0 bridgehead atoms. The molecule has 0 aliphatic rings. The molecular formula is C19H20FNO4S.